The number of hydrogen-bond donors (Lipinski definition) is 1. The minimum absolute atomic E-state index is 1.06. The SMILES string of the molecule is CSc1cccnc1N1CCNCC1. The number of nitrogens with zero attached hydrogens (tertiary/aromatic N) is 2. The van der Waals surface area contributed by atoms with Crippen LogP contribution in [0.2, 0.25) is 0 Å². The zero-order valence-electron chi connectivity index (χ0n) is 8.36. The Morgan fingerprint density at radius 3 is 2.93 bits per heavy atom. The summed E-state index contributed by atoms with van der Waals surface area (Å²) < 4.78 is 0. The fourth-order valence-electron chi connectivity index (χ4n) is 1.66. The summed E-state index contributed by atoms with van der Waals surface area (Å²) in [4.78, 5) is 8.07. The maximum absolute atomic E-state index is 4.45. The second-order valence-electron chi connectivity index (χ2n) is 3.27. The van der Waals surface area contributed by atoms with Crippen molar-refractivity contribution in [2.24, 2.45) is 0 Å². The smallest absolute Gasteiger partial charge is 0.142 e. The molecule has 1 aromatic rings. The van der Waals surface area contributed by atoms with Crippen molar-refractivity contribution in [3.63, 3.8) is 0 Å². The van der Waals surface area contributed by atoms with Crippen LogP contribution < -0.4 is 10.2 Å². The monoisotopic (exact) mass is 209 g/mol. The van der Waals surface area contributed by atoms with Gasteiger partial charge in [0.05, 0.1) is 0 Å². The number of pyridine rings is 1. The Hall–Kier alpha value is -0.740. The van der Waals surface area contributed by atoms with E-state index >= 15 is 0 Å². The van der Waals surface area contributed by atoms with Crippen LogP contribution in [0.1, 0.15) is 0 Å². The maximum atomic E-state index is 4.45. The molecule has 3 nitrogen and oxygen atoms in total. The summed E-state index contributed by atoms with van der Waals surface area (Å²) in [6.07, 6.45) is 3.97. The van der Waals surface area contributed by atoms with Gasteiger partial charge in [-0.3, -0.25) is 0 Å². The third kappa shape index (κ3) is 2.01. The summed E-state index contributed by atoms with van der Waals surface area (Å²) in [6.45, 7) is 4.24. The molecule has 2 rings (SSSR count). The van der Waals surface area contributed by atoms with Crippen LogP contribution in [0.5, 0.6) is 0 Å². The molecule has 1 aliphatic heterocycles. The molecule has 1 aliphatic rings. The minimum atomic E-state index is 1.06. The first-order valence-electron chi connectivity index (χ1n) is 4.86. The number of piperazine rings is 1. The van der Waals surface area contributed by atoms with E-state index in [1.807, 2.05) is 12.3 Å². The van der Waals surface area contributed by atoms with Crippen LogP contribution in [0, 0.1) is 0 Å². The summed E-state index contributed by atoms with van der Waals surface area (Å²) in [5.41, 5.74) is 0. The zero-order chi connectivity index (χ0) is 9.80. The Morgan fingerprint density at radius 1 is 1.43 bits per heavy atom. The molecule has 1 saturated heterocycles. The molecule has 0 bridgehead atoms. The van der Waals surface area contributed by atoms with Crippen LogP contribution >= 0.6 is 11.8 Å². The topological polar surface area (TPSA) is 28.2 Å². The maximum Gasteiger partial charge on any atom is 0.142 e. The van der Waals surface area contributed by atoms with Gasteiger partial charge in [-0.15, -0.1) is 11.8 Å². The van der Waals surface area contributed by atoms with E-state index in [2.05, 4.69) is 27.5 Å². The third-order valence-electron chi connectivity index (χ3n) is 2.39. The summed E-state index contributed by atoms with van der Waals surface area (Å²) in [5.74, 6) is 1.14. The van der Waals surface area contributed by atoms with Gasteiger partial charge in [-0.25, -0.2) is 4.98 Å². The molecule has 0 radical (unpaired) electrons. The summed E-state index contributed by atoms with van der Waals surface area (Å²) in [6, 6.07) is 4.13. The normalized spacial score (nSPS) is 17.1. The highest BCUT2D eigenvalue weighted by molar-refractivity contribution is 7.98. The first kappa shape index (κ1) is 9.80. The molecular weight excluding hydrogens is 194 g/mol. The van der Waals surface area contributed by atoms with E-state index in [9.17, 15) is 0 Å². The van der Waals surface area contributed by atoms with Crippen LogP contribution in [0.3, 0.4) is 0 Å². The Labute approximate surface area is 88.9 Å². The van der Waals surface area contributed by atoms with Crippen molar-refractivity contribution in [3.8, 4) is 0 Å². The van der Waals surface area contributed by atoms with Crippen LogP contribution in [0.15, 0.2) is 23.2 Å². The van der Waals surface area contributed by atoms with E-state index in [1.165, 1.54) is 4.90 Å². The number of nitrogens with one attached hydrogen (secondary N) is 1. The van der Waals surface area contributed by atoms with E-state index in [0.29, 0.717) is 0 Å². The van der Waals surface area contributed by atoms with Crippen LogP contribution in [0.25, 0.3) is 0 Å². The predicted molar refractivity (Wildman–Crippen MR) is 61.1 cm³/mol. The summed E-state index contributed by atoms with van der Waals surface area (Å²) in [5, 5.41) is 3.35. The van der Waals surface area contributed by atoms with E-state index < -0.39 is 0 Å². The first-order valence-corrected chi connectivity index (χ1v) is 6.09. The van der Waals surface area contributed by atoms with Gasteiger partial charge >= 0.3 is 0 Å². The van der Waals surface area contributed by atoms with Crippen molar-refractivity contribution in [3.05, 3.63) is 18.3 Å². The quantitative estimate of drug-likeness (QED) is 0.741. The fourth-order valence-corrected chi connectivity index (χ4v) is 2.23. The molecule has 0 amide bonds. The number of aromatic nitrogens is 1. The van der Waals surface area contributed by atoms with Gasteiger partial charge in [-0.1, -0.05) is 0 Å². The molecule has 0 saturated carbocycles. The lowest BCUT2D eigenvalue weighted by atomic mass is 10.3. The van der Waals surface area contributed by atoms with Gasteiger partial charge in [0.25, 0.3) is 0 Å². The highest BCUT2D eigenvalue weighted by Gasteiger charge is 2.14. The lowest BCUT2D eigenvalue weighted by molar-refractivity contribution is 0.582. The van der Waals surface area contributed by atoms with E-state index in [4.69, 9.17) is 0 Å². The van der Waals surface area contributed by atoms with Gasteiger partial charge in [0.2, 0.25) is 0 Å². The average molecular weight is 209 g/mol. The van der Waals surface area contributed by atoms with Crippen molar-refractivity contribution in [1.29, 1.82) is 0 Å². The molecule has 0 aromatic carbocycles. The van der Waals surface area contributed by atoms with Crippen molar-refractivity contribution >= 4 is 17.6 Å². The molecule has 76 valence electrons. The third-order valence-corrected chi connectivity index (χ3v) is 3.15. The standard InChI is InChI=1S/C10H15N3S/c1-14-9-3-2-4-12-10(9)13-7-5-11-6-8-13/h2-4,11H,5-8H2,1H3. The number of thioether (sulfide) groups is 1. The molecule has 0 unspecified atom stereocenters. The number of anilines is 1. The molecule has 1 aromatic heterocycles. The molecular formula is C10H15N3S. The minimum Gasteiger partial charge on any atom is -0.353 e. The van der Waals surface area contributed by atoms with Crippen molar-refractivity contribution < 1.29 is 0 Å². The molecule has 2 heterocycles. The predicted octanol–water partition coefficient (Wildman–Crippen LogP) is 1.21. The van der Waals surface area contributed by atoms with Gasteiger partial charge in [0.1, 0.15) is 5.82 Å². The summed E-state index contributed by atoms with van der Waals surface area (Å²) in [7, 11) is 0. The van der Waals surface area contributed by atoms with E-state index in [1.54, 1.807) is 11.8 Å². The molecule has 4 heteroatoms. The highest BCUT2D eigenvalue weighted by Crippen LogP contribution is 2.25. The average Bonchev–Trinajstić information content (AvgIpc) is 2.30. The van der Waals surface area contributed by atoms with Crippen LogP contribution in [-0.2, 0) is 0 Å². The molecule has 14 heavy (non-hydrogen) atoms. The van der Waals surface area contributed by atoms with Crippen LogP contribution in [0.4, 0.5) is 5.82 Å². The Morgan fingerprint density at radius 2 is 2.21 bits per heavy atom. The van der Waals surface area contributed by atoms with Gasteiger partial charge < -0.3 is 10.2 Å². The molecule has 1 fully saturated rings. The molecule has 0 spiro atoms. The van der Waals surface area contributed by atoms with Crippen molar-refractivity contribution in [2.75, 3.05) is 37.3 Å². The number of hydrogen-bond acceptors (Lipinski definition) is 4. The largest absolute Gasteiger partial charge is 0.353 e. The Kier molecular flexibility index (Phi) is 3.26. The highest BCUT2D eigenvalue weighted by atomic mass is 32.2. The van der Waals surface area contributed by atoms with E-state index in [-0.39, 0.29) is 0 Å². The van der Waals surface area contributed by atoms with Crippen LogP contribution in [-0.4, -0.2) is 37.4 Å². The Bertz CT molecular complexity index is 297. The summed E-state index contributed by atoms with van der Waals surface area (Å²) >= 11 is 1.76. The zero-order valence-corrected chi connectivity index (χ0v) is 9.18. The van der Waals surface area contributed by atoms with Gasteiger partial charge in [-0.05, 0) is 18.4 Å². The lowest BCUT2D eigenvalue weighted by Gasteiger charge is -2.29. The first-order chi connectivity index (χ1) is 6.92. The second kappa shape index (κ2) is 4.66. The van der Waals surface area contributed by atoms with Gasteiger partial charge in [0, 0.05) is 37.3 Å². The van der Waals surface area contributed by atoms with E-state index in [0.717, 1.165) is 32.0 Å². The Balaban J connectivity index is 2.20. The molecule has 0 aliphatic carbocycles. The van der Waals surface area contributed by atoms with Crippen molar-refractivity contribution in [2.45, 2.75) is 4.90 Å². The van der Waals surface area contributed by atoms with Gasteiger partial charge in [0.15, 0.2) is 0 Å². The second-order valence-corrected chi connectivity index (χ2v) is 4.11. The molecule has 0 atom stereocenters. The molecule has 1 N–H and O–H groups in total. The van der Waals surface area contributed by atoms with Gasteiger partial charge in [-0.2, -0.15) is 0 Å². The number of rotatable bonds is 2. The van der Waals surface area contributed by atoms with Crippen molar-refractivity contribution in [1.82, 2.24) is 10.3 Å². The fraction of sp³-hybridized carbons (Fsp3) is 0.500. The lowest BCUT2D eigenvalue weighted by Crippen LogP contribution is -2.44.